The van der Waals surface area contributed by atoms with Gasteiger partial charge in [-0.15, -0.1) is 0 Å². The summed E-state index contributed by atoms with van der Waals surface area (Å²) < 4.78 is 31.0. The van der Waals surface area contributed by atoms with E-state index in [1.54, 1.807) is 12.0 Å². The van der Waals surface area contributed by atoms with Gasteiger partial charge in [0.1, 0.15) is 5.75 Å². The van der Waals surface area contributed by atoms with Crippen LogP contribution in [0.2, 0.25) is 0 Å². The largest absolute Gasteiger partial charge is 0.496 e. The summed E-state index contributed by atoms with van der Waals surface area (Å²) in [5.41, 5.74) is 1.94. The molecular weight excluding hydrogens is 328 g/mol. The summed E-state index contributed by atoms with van der Waals surface area (Å²) in [6, 6.07) is 5.77. The molecule has 0 radical (unpaired) electrons. The van der Waals surface area contributed by atoms with Gasteiger partial charge >= 0.3 is 0 Å². The number of nitrogens with zero attached hydrogens (tertiary/aromatic N) is 2. The van der Waals surface area contributed by atoms with E-state index in [1.807, 2.05) is 32.0 Å². The highest BCUT2D eigenvalue weighted by atomic mass is 32.2. The third-order valence-electron chi connectivity index (χ3n) is 4.22. The summed E-state index contributed by atoms with van der Waals surface area (Å²) >= 11 is 0. The van der Waals surface area contributed by atoms with E-state index in [4.69, 9.17) is 4.74 Å². The molecule has 1 heterocycles. The topological polar surface area (TPSA) is 66.9 Å². The Morgan fingerprint density at radius 2 is 1.88 bits per heavy atom. The molecular formula is C17H26N2O4S. The Morgan fingerprint density at radius 1 is 1.21 bits per heavy atom. The monoisotopic (exact) mass is 354 g/mol. The van der Waals surface area contributed by atoms with Gasteiger partial charge in [0.15, 0.2) is 0 Å². The molecule has 0 atom stereocenters. The van der Waals surface area contributed by atoms with Crippen molar-refractivity contribution in [3.8, 4) is 5.75 Å². The van der Waals surface area contributed by atoms with Crippen molar-refractivity contribution in [2.45, 2.75) is 26.7 Å². The SMILES string of the molecule is CCCS(=O)(=O)N1CCN(C(=O)Cc2cc(C)ccc2OC)CC1. The number of methoxy groups -OCH3 is 1. The minimum Gasteiger partial charge on any atom is -0.496 e. The highest BCUT2D eigenvalue weighted by Crippen LogP contribution is 2.21. The molecule has 1 amide bonds. The highest BCUT2D eigenvalue weighted by molar-refractivity contribution is 7.89. The zero-order valence-electron chi connectivity index (χ0n) is 14.6. The first kappa shape index (κ1) is 18.7. The van der Waals surface area contributed by atoms with Gasteiger partial charge in [-0.05, 0) is 19.4 Å². The molecule has 0 aromatic heterocycles. The fraction of sp³-hybridized carbons (Fsp3) is 0.588. The molecule has 1 aromatic carbocycles. The fourth-order valence-electron chi connectivity index (χ4n) is 2.92. The van der Waals surface area contributed by atoms with Crippen LogP contribution in [0.25, 0.3) is 0 Å². The average Bonchev–Trinajstić information content (AvgIpc) is 2.55. The molecule has 0 unspecified atom stereocenters. The van der Waals surface area contributed by atoms with Crippen LogP contribution >= 0.6 is 0 Å². The Kier molecular flexibility index (Phi) is 6.23. The number of carbonyl (C=O) groups excluding carboxylic acids is 1. The number of rotatable bonds is 6. The van der Waals surface area contributed by atoms with Crippen LogP contribution in [0.15, 0.2) is 18.2 Å². The van der Waals surface area contributed by atoms with Crippen molar-refractivity contribution in [2.75, 3.05) is 39.0 Å². The summed E-state index contributed by atoms with van der Waals surface area (Å²) in [6.07, 6.45) is 0.876. The minimum absolute atomic E-state index is 0.00596. The molecule has 0 saturated carbocycles. The summed E-state index contributed by atoms with van der Waals surface area (Å²) in [6.45, 7) is 5.46. The number of hydrogen-bond donors (Lipinski definition) is 0. The maximum absolute atomic E-state index is 12.5. The summed E-state index contributed by atoms with van der Waals surface area (Å²) in [4.78, 5) is 14.3. The van der Waals surface area contributed by atoms with E-state index in [2.05, 4.69) is 0 Å². The van der Waals surface area contributed by atoms with E-state index < -0.39 is 10.0 Å². The first-order valence-electron chi connectivity index (χ1n) is 8.26. The van der Waals surface area contributed by atoms with Crippen LogP contribution in [0.3, 0.4) is 0 Å². The van der Waals surface area contributed by atoms with E-state index in [9.17, 15) is 13.2 Å². The van der Waals surface area contributed by atoms with E-state index in [1.165, 1.54) is 4.31 Å². The number of piperazine rings is 1. The maximum Gasteiger partial charge on any atom is 0.227 e. The van der Waals surface area contributed by atoms with Crippen LogP contribution in [0.4, 0.5) is 0 Å². The first-order chi connectivity index (χ1) is 11.4. The first-order valence-corrected chi connectivity index (χ1v) is 9.87. The van der Waals surface area contributed by atoms with Gasteiger partial charge in [-0.2, -0.15) is 4.31 Å². The lowest BCUT2D eigenvalue weighted by atomic mass is 10.1. The third kappa shape index (κ3) is 4.48. The number of sulfonamides is 1. The van der Waals surface area contributed by atoms with Crippen LogP contribution in [-0.2, 0) is 21.2 Å². The molecule has 1 aliphatic rings. The third-order valence-corrected chi connectivity index (χ3v) is 6.30. The Bertz CT molecular complexity index is 680. The van der Waals surface area contributed by atoms with Crippen molar-refractivity contribution >= 4 is 15.9 Å². The summed E-state index contributed by atoms with van der Waals surface area (Å²) in [5, 5.41) is 0. The number of carbonyl (C=O) groups is 1. The lowest BCUT2D eigenvalue weighted by Gasteiger charge is -2.34. The lowest BCUT2D eigenvalue weighted by Crippen LogP contribution is -2.51. The van der Waals surface area contributed by atoms with E-state index in [0.717, 1.165) is 11.1 Å². The number of amides is 1. The van der Waals surface area contributed by atoms with Crippen molar-refractivity contribution < 1.29 is 17.9 Å². The van der Waals surface area contributed by atoms with E-state index in [0.29, 0.717) is 38.3 Å². The smallest absolute Gasteiger partial charge is 0.227 e. The van der Waals surface area contributed by atoms with Crippen molar-refractivity contribution in [3.63, 3.8) is 0 Å². The second-order valence-electron chi connectivity index (χ2n) is 6.09. The molecule has 6 nitrogen and oxygen atoms in total. The maximum atomic E-state index is 12.5. The number of ether oxygens (including phenoxy) is 1. The zero-order chi connectivity index (χ0) is 17.7. The van der Waals surface area contributed by atoms with Gasteiger partial charge in [0, 0.05) is 31.7 Å². The summed E-state index contributed by atoms with van der Waals surface area (Å²) in [5.74, 6) is 0.881. The van der Waals surface area contributed by atoms with E-state index >= 15 is 0 Å². The number of benzene rings is 1. The van der Waals surface area contributed by atoms with Crippen LogP contribution in [-0.4, -0.2) is 62.6 Å². The van der Waals surface area contributed by atoms with Gasteiger partial charge in [-0.25, -0.2) is 8.42 Å². The standard InChI is InChI=1S/C17H26N2O4S/c1-4-11-24(21,22)19-9-7-18(8-10-19)17(20)13-15-12-14(2)5-6-16(15)23-3/h5-6,12H,4,7-11,13H2,1-3H3. The molecule has 1 aromatic rings. The summed E-state index contributed by atoms with van der Waals surface area (Å²) in [7, 11) is -1.59. The molecule has 134 valence electrons. The fourth-order valence-corrected chi connectivity index (χ4v) is 4.42. The normalized spacial score (nSPS) is 16.2. The van der Waals surface area contributed by atoms with Crippen molar-refractivity contribution in [1.29, 1.82) is 0 Å². The average molecular weight is 354 g/mol. The lowest BCUT2D eigenvalue weighted by molar-refractivity contribution is -0.131. The molecule has 1 fully saturated rings. The van der Waals surface area contributed by atoms with Gasteiger partial charge in [-0.3, -0.25) is 4.79 Å². The Balaban J connectivity index is 1.98. The number of aryl methyl sites for hydroxylation is 1. The van der Waals surface area contributed by atoms with Crippen molar-refractivity contribution in [2.24, 2.45) is 0 Å². The Morgan fingerprint density at radius 3 is 2.46 bits per heavy atom. The molecule has 0 aliphatic carbocycles. The molecule has 2 rings (SSSR count). The molecule has 0 spiro atoms. The predicted octanol–water partition coefficient (Wildman–Crippen LogP) is 1.43. The quantitative estimate of drug-likeness (QED) is 0.775. The van der Waals surface area contributed by atoms with Crippen LogP contribution in [0.5, 0.6) is 5.75 Å². The predicted molar refractivity (Wildman–Crippen MR) is 93.7 cm³/mol. The molecule has 0 bridgehead atoms. The van der Waals surface area contributed by atoms with Crippen LogP contribution in [0, 0.1) is 6.92 Å². The van der Waals surface area contributed by atoms with Crippen LogP contribution < -0.4 is 4.74 Å². The number of hydrogen-bond acceptors (Lipinski definition) is 4. The van der Waals surface area contributed by atoms with Crippen molar-refractivity contribution in [3.05, 3.63) is 29.3 Å². The van der Waals surface area contributed by atoms with Gasteiger partial charge < -0.3 is 9.64 Å². The molecule has 7 heteroatoms. The van der Waals surface area contributed by atoms with Gasteiger partial charge in [0.2, 0.25) is 15.9 Å². The zero-order valence-corrected chi connectivity index (χ0v) is 15.4. The minimum atomic E-state index is -3.18. The second-order valence-corrected chi connectivity index (χ2v) is 8.18. The van der Waals surface area contributed by atoms with Gasteiger partial charge in [0.05, 0.1) is 19.3 Å². The molecule has 1 aliphatic heterocycles. The van der Waals surface area contributed by atoms with Crippen LogP contribution in [0.1, 0.15) is 24.5 Å². The molecule has 1 saturated heterocycles. The van der Waals surface area contributed by atoms with E-state index in [-0.39, 0.29) is 18.1 Å². The Labute approximate surface area is 144 Å². The highest BCUT2D eigenvalue weighted by Gasteiger charge is 2.28. The Hall–Kier alpha value is -1.60. The second kappa shape index (κ2) is 7.98. The van der Waals surface area contributed by atoms with Crippen molar-refractivity contribution in [1.82, 2.24) is 9.21 Å². The van der Waals surface area contributed by atoms with Gasteiger partial charge in [0.25, 0.3) is 0 Å². The molecule has 0 N–H and O–H groups in total. The molecule has 24 heavy (non-hydrogen) atoms. The van der Waals surface area contributed by atoms with Gasteiger partial charge in [-0.1, -0.05) is 24.6 Å².